The molecule has 24 heavy (non-hydrogen) atoms. The van der Waals surface area contributed by atoms with E-state index in [1.807, 2.05) is 31.2 Å². The van der Waals surface area contributed by atoms with Crippen molar-refractivity contribution >= 4 is 5.91 Å². The number of hydrogen-bond donors (Lipinski definition) is 2. The first-order valence-electron chi connectivity index (χ1n) is 9.42. The molecular weight excluding hydrogens is 300 g/mol. The molecule has 0 saturated heterocycles. The highest BCUT2D eigenvalue weighted by atomic mass is 16.5. The van der Waals surface area contributed by atoms with Crippen molar-refractivity contribution in [2.45, 2.75) is 64.0 Å². The van der Waals surface area contributed by atoms with Gasteiger partial charge in [-0.15, -0.1) is 0 Å². The number of nitrogens with one attached hydrogen (secondary N) is 1. The Labute approximate surface area is 145 Å². The first-order valence-corrected chi connectivity index (χ1v) is 9.42. The molecule has 3 N–H and O–H groups in total. The summed E-state index contributed by atoms with van der Waals surface area (Å²) in [5.74, 6) is 2.24. The SMILES string of the molecule is CCOc1ccc(CCC(=O)NC2C3CCCC2CC(N)C3)cc1. The molecular formula is C20H30N2O2. The molecule has 4 nitrogen and oxygen atoms in total. The molecule has 4 heteroatoms. The van der Waals surface area contributed by atoms with Gasteiger partial charge in [0.15, 0.2) is 0 Å². The zero-order valence-electron chi connectivity index (χ0n) is 14.7. The topological polar surface area (TPSA) is 64.3 Å². The predicted molar refractivity (Wildman–Crippen MR) is 95.9 cm³/mol. The van der Waals surface area contributed by atoms with Crippen LogP contribution in [0.2, 0.25) is 0 Å². The molecule has 0 aromatic heterocycles. The highest BCUT2D eigenvalue weighted by molar-refractivity contribution is 5.76. The molecule has 0 spiro atoms. The van der Waals surface area contributed by atoms with Crippen molar-refractivity contribution in [3.8, 4) is 5.75 Å². The molecule has 2 atom stereocenters. The van der Waals surface area contributed by atoms with Crippen LogP contribution >= 0.6 is 0 Å². The van der Waals surface area contributed by atoms with Gasteiger partial charge < -0.3 is 15.8 Å². The Morgan fingerprint density at radius 3 is 2.50 bits per heavy atom. The van der Waals surface area contributed by atoms with Gasteiger partial charge in [-0.1, -0.05) is 18.6 Å². The van der Waals surface area contributed by atoms with E-state index in [1.54, 1.807) is 0 Å². The van der Waals surface area contributed by atoms with Crippen molar-refractivity contribution in [1.82, 2.24) is 5.32 Å². The highest BCUT2D eigenvalue weighted by Gasteiger charge is 2.39. The van der Waals surface area contributed by atoms with Crippen LogP contribution < -0.4 is 15.8 Å². The minimum absolute atomic E-state index is 0.182. The third kappa shape index (κ3) is 4.29. The van der Waals surface area contributed by atoms with E-state index in [0.29, 0.717) is 36.9 Å². The fourth-order valence-corrected chi connectivity index (χ4v) is 4.46. The summed E-state index contributed by atoms with van der Waals surface area (Å²) in [6.07, 6.45) is 7.19. The van der Waals surface area contributed by atoms with Gasteiger partial charge in [-0.25, -0.2) is 0 Å². The van der Waals surface area contributed by atoms with Crippen LogP contribution in [0.5, 0.6) is 5.75 Å². The average molecular weight is 330 g/mol. The lowest BCUT2D eigenvalue weighted by Gasteiger charge is -2.45. The number of carbonyl (C=O) groups is 1. The van der Waals surface area contributed by atoms with E-state index in [9.17, 15) is 4.79 Å². The minimum atomic E-state index is 0.182. The maximum Gasteiger partial charge on any atom is 0.220 e. The Kier molecular flexibility index (Phi) is 5.77. The normalized spacial score (nSPS) is 29.1. The van der Waals surface area contributed by atoms with Gasteiger partial charge in [0, 0.05) is 18.5 Å². The van der Waals surface area contributed by atoms with Crippen molar-refractivity contribution in [3.05, 3.63) is 29.8 Å². The molecule has 0 aliphatic heterocycles. The molecule has 1 amide bonds. The molecule has 2 aliphatic rings. The number of ether oxygens (including phenoxy) is 1. The molecule has 3 rings (SSSR count). The Hall–Kier alpha value is -1.55. The first kappa shape index (κ1) is 17.3. The van der Waals surface area contributed by atoms with Gasteiger partial charge in [0.25, 0.3) is 0 Å². The molecule has 0 heterocycles. The van der Waals surface area contributed by atoms with E-state index < -0.39 is 0 Å². The summed E-state index contributed by atoms with van der Waals surface area (Å²) in [5.41, 5.74) is 7.34. The molecule has 0 radical (unpaired) electrons. The molecule has 2 saturated carbocycles. The number of fused-ring (bicyclic) bond motifs is 2. The molecule has 1 aromatic carbocycles. The molecule has 132 valence electrons. The fourth-order valence-electron chi connectivity index (χ4n) is 4.46. The fraction of sp³-hybridized carbons (Fsp3) is 0.650. The molecule has 2 unspecified atom stereocenters. The van der Waals surface area contributed by atoms with Crippen LogP contribution in [0.1, 0.15) is 51.0 Å². The third-order valence-corrected chi connectivity index (χ3v) is 5.58. The zero-order chi connectivity index (χ0) is 16.9. The van der Waals surface area contributed by atoms with E-state index in [0.717, 1.165) is 25.0 Å². The van der Waals surface area contributed by atoms with E-state index in [1.165, 1.54) is 24.8 Å². The maximum atomic E-state index is 12.4. The highest BCUT2D eigenvalue weighted by Crippen LogP contribution is 2.39. The Morgan fingerprint density at radius 1 is 1.21 bits per heavy atom. The second kappa shape index (κ2) is 8.02. The Morgan fingerprint density at radius 2 is 1.88 bits per heavy atom. The van der Waals surface area contributed by atoms with Crippen molar-refractivity contribution in [1.29, 1.82) is 0 Å². The Balaban J connectivity index is 1.48. The monoisotopic (exact) mass is 330 g/mol. The summed E-state index contributed by atoms with van der Waals surface area (Å²) in [6.45, 7) is 2.65. The standard InChI is InChI=1S/C20H30N2O2/c1-2-24-18-9-6-14(7-10-18)8-11-19(23)22-20-15-4-3-5-16(20)13-17(21)12-15/h6-7,9-10,15-17,20H,2-5,8,11-13,21H2,1H3,(H,22,23). The second-order valence-corrected chi connectivity index (χ2v) is 7.35. The van der Waals surface area contributed by atoms with Gasteiger partial charge in [0.2, 0.25) is 5.91 Å². The van der Waals surface area contributed by atoms with Gasteiger partial charge in [-0.2, -0.15) is 0 Å². The van der Waals surface area contributed by atoms with Crippen LogP contribution in [-0.4, -0.2) is 24.6 Å². The van der Waals surface area contributed by atoms with Crippen LogP contribution in [-0.2, 0) is 11.2 Å². The van der Waals surface area contributed by atoms with Crippen LogP contribution in [0.4, 0.5) is 0 Å². The number of carbonyl (C=O) groups excluding carboxylic acids is 1. The number of amides is 1. The number of hydrogen-bond acceptors (Lipinski definition) is 3. The van der Waals surface area contributed by atoms with Gasteiger partial charge in [-0.05, 0) is 68.6 Å². The van der Waals surface area contributed by atoms with E-state index in [-0.39, 0.29) is 5.91 Å². The van der Waals surface area contributed by atoms with E-state index >= 15 is 0 Å². The van der Waals surface area contributed by atoms with Crippen molar-refractivity contribution in [3.63, 3.8) is 0 Å². The van der Waals surface area contributed by atoms with Gasteiger partial charge in [-0.3, -0.25) is 4.79 Å². The summed E-state index contributed by atoms with van der Waals surface area (Å²) in [7, 11) is 0. The lowest BCUT2D eigenvalue weighted by molar-refractivity contribution is -0.123. The maximum absolute atomic E-state index is 12.4. The number of rotatable bonds is 6. The first-order chi connectivity index (χ1) is 11.7. The second-order valence-electron chi connectivity index (χ2n) is 7.35. The van der Waals surface area contributed by atoms with Crippen molar-refractivity contribution in [2.75, 3.05) is 6.61 Å². The predicted octanol–water partition coefficient (Wildman–Crippen LogP) is 3.04. The average Bonchev–Trinajstić information content (AvgIpc) is 2.55. The lowest BCUT2D eigenvalue weighted by Crippen LogP contribution is -2.53. The number of benzene rings is 1. The van der Waals surface area contributed by atoms with E-state index in [2.05, 4.69) is 5.32 Å². The van der Waals surface area contributed by atoms with Crippen LogP contribution in [0.3, 0.4) is 0 Å². The molecule has 2 aliphatic carbocycles. The third-order valence-electron chi connectivity index (χ3n) is 5.58. The largest absolute Gasteiger partial charge is 0.494 e. The minimum Gasteiger partial charge on any atom is -0.494 e. The zero-order valence-corrected chi connectivity index (χ0v) is 14.7. The summed E-state index contributed by atoms with van der Waals surface area (Å²) >= 11 is 0. The summed E-state index contributed by atoms with van der Waals surface area (Å²) in [4.78, 5) is 12.4. The lowest BCUT2D eigenvalue weighted by atomic mass is 9.67. The number of nitrogens with two attached hydrogens (primary N) is 1. The Bertz CT molecular complexity index is 529. The van der Waals surface area contributed by atoms with Crippen molar-refractivity contribution < 1.29 is 9.53 Å². The quantitative estimate of drug-likeness (QED) is 0.842. The van der Waals surface area contributed by atoms with Gasteiger partial charge >= 0.3 is 0 Å². The van der Waals surface area contributed by atoms with Crippen LogP contribution in [0.25, 0.3) is 0 Å². The van der Waals surface area contributed by atoms with Gasteiger partial charge in [0.05, 0.1) is 6.61 Å². The summed E-state index contributed by atoms with van der Waals surface area (Å²) in [6, 6.07) is 8.73. The molecule has 2 fully saturated rings. The van der Waals surface area contributed by atoms with E-state index in [4.69, 9.17) is 10.5 Å². The number of aryl methyl sites for hydroxylation is 1. The summed E-state index contributed by atoms with van der Waals surface area (Å²) in [5, 5.41) is 3.32. The summed E-state index contributed by atoms with van der Waals surface area (Å²) < 4.78 is 5.45. The molecule has 1 aromatic rings. The van der Waals surface area contributed by atoms with Crippen molar-refractivity contribution in [2.24, 2.45) is 17.6 Å². The smallest absolute Gasteiger partial charge is 0.220 e. The van der Waals surface area contributed by atoms with Crippen LogP contribution in [0, 0.1) is 11.8 Å². The van der Waals surface area contributed by atoms with Gasteiger partial charge in [0.1, 0.15) is 5.75 Å². The van der Waals surface area contributed by atoms with Crippen LogP contribution in [0.15, 0.2) is 24.3 Å². The molecule has 2 bridgehead atoms.